The quantitative estimate of drug-likeness (QED) is 0.728. The number of nitriles is 1. The van der Waals surface area contributed by atoms with E-state index in [0.29, 0.717) is 17.7 Å². The number of nitrogens with zero attached hydrogens (tertiary/aromatic N) is 2. The van der Waals surface area contributed by atoms with Gasteiger partial charge in [0.1, 0.15) is 0 Å². The fraction of sp³-hybridized carbons (Fsp3) is 0.400. The number of rotatable bonds is 6. The Kier molecular flexibility index (Phi) is 6.06. The van der Waals surface area contributed by atoms with Gasteiger partial charge < -0.3 is 10.1 Å². The molecule has 2 aromatic rings. The van der Waals surface area contributed by atoms with Crippen molar-refractivity contribution in [3.8, 4) is 6.07 Å². The minimum Gasteiger partial charge on any atom is -0.465 e. The molecular formula is C25H27N3O3. The second-order valence-corrected chi connectivity index (χ2v) is 8.43. The van der Waals surface area contributed by atoms with Crippen molar-refractivity contribution in [2.24, 2.45) is 0 Å². The maximum Gasteiger partial charge on any atom is 0.337 e. The normalized spacial score (nSPS) is 19.8. The van der Waals surface area contributed by atoms with E-state index in [4.69, 9.17) is 10.00 Å². The summed E-state index contributed by atoms with van der Waals surface area (Å²) in [6, 6.07) is 16.9. The third kappa shape index (κ3) is 4.62. The van der Waals surface area contributed by atoms with E-state index < -0.39 is 0 Å². The summed E-state index contributed by atoms with van der Waals surface area (Å²) in [6.45, 7) is 1.59. The third-order valence-corrected chi connectivity index (χ3v) is 6.36. The largest absolute Gasteiger partial charge is 0.465 e. The van der Waals surface area contributed by atoms with Gasteiger partial charge in [-0.3, -0.25) is 9.69 Å². The number of ether oxygens (including phenoxy) is 1. The monoisotopic (exact) mass is 417 g/mol. The Labute approximate surface area is 182 Å². The lowest BCUT2D eigenvalue weighted by Crippen LogP contribution is -2.51. The van der Waals surface area contributed by atoms with Gasteiger partial charge in [-0.1, -0.05) is 30.7 Å². The molecule has 6 heteroatoms. The Balaban J connectivity index is 1.44. The maximum atomic E-state index is 13.3. The summed E-state index contributed by atoms with van der Waals surface area (Å²) in [6.07, 6.45) is 4.78. The molecule has 2 aromatic carbocycles. The number of methoxy groups -OCH3 is 1. The molecule has 0 spiro atoms. The Morgan fingerprint density at radius 3 is 2.45 bits per heavy atom. The van der Waals surface area contributed by atoms with E-state index in [2.05, 4.69) is 16.3 Å². The van der Waals surface area contributed by atoms with Gasteiger partial charge in [-0.25, -0.2) is 4.79 Å². The smallest absolute Gasteiger partial charge is 0.337 e. The molecule has 1 unspecified atom stereocenters. The van der Waals surface area contributed by atoms with Crippen LogP contribution >= 0.6 is 0 Å². The van der Waals surface area contributed by atoms with E-state index in [1.165, 1.54) is 7.11 Å². The van der Waals surface area contributed by atoms with Crippen molar-refractivity contribution in [3.05, 3.63) is 70.8 Å². The molecule has 1 aliphatic carbocycles. The zero-order valence-electron chi connectivity index (χ0n) is 17.8. The van der Waals surface area contributed by atoms with E-state index in [0.717, 1.165) is 49.8 Å². The van der Waals surface area contributed by atoms with E-state index >= 15 is 0 Å². The van der Waals surface area contributed by atoms with Gasteiger partial charge in [0, 0.05) is 6.54 Å². The molecule has 1 saturated carbocycles. The Morgan fingerprint density at radius 2 is 1.84 bits per heavy atom. The van der Waals surface area contributed by atoms with Crippen LogP contribution in [0.4, 0.5) is 0 Å². The molecule has 0 aromatic heterocycles. The number of likely N-dealkylation sites (tertiary alicyclic amines) is 1. The summed E-state index contributed by atoms with van der Waals surface area (Å²) in [5.74, 6) is -0.288. The number of carbonyl (C=O) groups excluding carboxylic acids is 2. The maximum absolute atomic E-state index is 13.3. The van der Waals surface area contributed by atoms with Gasteiger partial charge in [0.2, 0.25) is 5.91 Å². The van der Waals surface area contributed by atoms with Crippen molar-refractivity contribution in [2.75, 3.05) is 13.7 Å². The topological polar surface area (TPSA) is 82.4 Å². The summed E-state index contributed by atoms with van der Waals surface area (Å²) in [7, 11) is 1.37. The first-order chi connectivity index (χ1) is 15.0. The molecule has 0 radical (unpaired) electrons. The summed E-state index contributed by atoms with van der Waals surface area (Å²) in [5.41, 5.74) is 2.96. The van der Waals surface area contributed by atoms with Gasteiger partial charge >= 0.3 is 5.97 Å². The second kappa shape index (κ2) is 8.91. The van der Waals surface area contributed by atoms with Gasteiger partial charge in [0.15, 0.2) is 0 Å². The number of esters is 1. The van der Waals surface area contributed by atoms with Crippen molar-refractivity contribution >= 4 is 11.9 Å². The number of carbonyl (C=O) groups is 2. The zero-order chi connectivity index (χ0) is 21.8. The molecule has 1 heterocycles. The Hall–Kier alpha value is -3.17. The predicted molar refractivity (Wildman–Crippen MR) is 116 cm³/mol. The third-order valence-electron chi connectivity index (χ3n) is 6.36. The van der Waals surface area contributed by atoms with Crippen LogP contribution in [0.15, 0.2) is 48.5 Å². The van der Waals surface area contributed by atoms with Gasteiger partial charge in [-0.15, -0.1) is 0 Å². The molecule has 1 atom stereocenters. The highest BCUT2D eigenvalue weighted by Gasteiger charge is 2.47. The lowest BCUT2D eigenvalue weighted by molar-refractivity contribution is -0.129. The lowest BCUT2D eigenvalue weighted by atomic mass is 9.98. The first-order valence-corrected chi connectivity index (χ1v) is 10.8. The number of hydrogen-bond acceptors (Lipinski definition) is 5. The van der Waals surface area contributed by atoms with Crippen LogP contribution in [0.1, 0.15) is 59.2 Å². The number of hydrogen-bond donors (Lipinski definition) is 1. The second-order valence-electron chi connectivity index (χ2n) is 8.43. The van der Waals surface area contributed by atoms with Gasteiger partial charge in [-0.2, -0.15) is 5.26 Å². The molecule has 6 nitrogen and oxygen atoms in total. The predicted octanol–water partition coefficient (Wildman–Crippen LogP) is 3.50. The van der Waals surface area contributed by atoms with Crippen molar-refractivity contribution in [2.45, 2.75) is 50.2 Å². The van der Waals surface area contributed by atoms with E-state index in [1.54, 1.807) is 12.1 Å². The van der Waals surface area contributed by atoms with Crippen molar-refractivity contribution in [1.29, 1.82) is 5.26 Å². The summed E-state index contributed by atoms with van der Waals surface area (Å²) < 4.78 is 4.76. The van der Waals surface area contributed by atoms with Gasteiger partial charge in [0.05, 0.1) is 35.9 Å². The number of nitrogens with one attached hydrogen (secondary N) is 1. The number of benzene rings is 2. The lowest BCUT2D eigenvalue weighted by Gasteiger charge is -2.35. The standard InChI is InChI=1S/C25H27N3O3/c1-31-24(30)20-9-11-21(12-10-20)25(13-14-25)27-23(29)22-4-2-3-15-28(22)17-19-7-5-18(16-26)6-8-19/h5-12,22H,2-4,13-15,17H2,1H3,(H,27,29). The van der Waals surface area contributed by atoms with Gasteiger partial charge in [-0.05, 0) is 67.6 Å². The van der Waals surface area contributed by atoms with Crippen LogP contribution in [0.2, 0.25) is 0 Å². The van der Waals surface area contributed by atoms with Crippen molar-refractivity contribution in [3.63, 3.8) is 0 Å². The van der Waals surface area contributed by atoms with Crippen LogP contribution in [-0.4, -0.2) is 36.5 Å². The Bertz CT molecular complexity index is 988. The molecule has 2 aliphatic rings. The molecule has 1 saturated heterocycles. The molecular weight excluding hydrogens is 390 g/mol. The van der Waals surface area contributed by atoms with Crippen molar-refractivity contribution in [1.82, 2.24) is 10.2 Å². The average molecular weight is 418 g/mol. The molecule has 2 fully saturated rings. The minimum atomic E-state index is -0.360. The molecule has 4 rings (SSSR count). The molecule has 1 amide bonds. The van der Waals surface area contributed by atoms with Crippen LogP contribution in [0, 0.1) is 11.3 Å². The Morgan fingerprint density at radius 1 is 1.13 bits per heavy atom. The van der Waals surface area contributed by atoms with Crippen LogP contribution in [-0.2, 0) is 21.6 Å². The molecule has 160 valence electrons. The fourth-order valence-electron chi connectivity index (χ4n) is 4.37. The molecule has 1 N–H and O–H groups in total. The molecule has 31 heavy (non-hydrogen) atoms. The average Bonchev–Trinajstić information content (AvgIpc) is 3.60. The van der Waals surface area contributed by atoms with Crippen LogP contribution in [0.3, 0.4) is 0 Å². The van der Waals surface area contributed by atoms with E-state index in [-0.39, 0.29) is 23.5 Å². The summed E-state index contributed by atoms with van der Waals surface area (Å²) in [4.78, 5) is 27.2. The summed E-state index contributed by atoms with van der Waals surface area (Å²) in [5, 5.41) is 12.3. The summed E-state index contributed by atoms with van der Waals surface area (Å²) >= 11 is 0. The minimum absolute atomic E-state index is 0.0721. The molecule has 1 aliphatic heterocycles. The highest BCUT2D eigenvalue weighted by molar-refractivity contribution is 5.89. The number of piperidine rings is 1. The van der Waals surface area contributed by atoms with E-state index in [1.807, 2.05) is 36.4 Å². The van der Waals surface area contributed by atoms with Crippen LogP contribution in [0.25, 0.3) is 0 Å². The first kappa shape index (κ1) is 21.1. The highest BCUT2D eigenvalue weighted by Crippen LogP contribution is 2.45. The first-order valence-electron chi connectivity index (χ1n) is 10.8. The SMILES string of the molecule is COC(=O)c1ccc(C2(NC(=O)C3CCCCN3Cc3ccc(C#N)cc3)CC2)cc1. The number of amides is 1. The van der Waals surface area contributed by atoms with E-state index in [9.17, 15) is 9.59 Å². The van der Waals surface area contributed by atoms with Crippen LogP contribution in [0.5, 0.6) is 0 Å². The zero-order valence-corrected chi connectivity index (χ0v) is 17.8. The van der Waals surface area contributed by atoms with Gasteiger partial charge in [0.25, 0.3) is 0 Å². The fourth-order valence-corrected chi connectivity index (χ4v) is 4.37. The molecule has 0 bridgehead atoms. The van der Waals surface area contributed by atoms with Crippen LogP contribution < -0.4 is 5.32 Å². The highest BCUT2D eigenvalue weighted by atomic mass is 16.5. The van der Waals surface area contributed by atoms with Crippen molar-refractivity contribution < 1.29 is 14.3 Å².